The van der Waals surface area contributed by atoms with Crippen LogP contribution in [-0.4, -0.2) is 40.7 Å². The highest BCUT2D eigenvalue weighted by Crippen LogP contribution is 1.97. The summed E-state index contributed by atoms with van der Waals surface area (Å²) in [5.41, 5.74) is 0. The number of aliphatic carboxylic acids is 1. The van der Waals surface area contributed by atoms with E-state index < -0.39 is 12.2 Å². The van der Waals surface area contributed by atoms with Crippen LogP contribution >= 0.6 is 0 Å². The van der Waals surface area contributed by atoms with Crippen LogP contribution in [0.3, 0.4) is 0 Å². The molecular weight excluding hydrogens is 162 g/mol. The van der Waals surface area contributed by atoms with Crippen LogP contribution in [0.25, 0.3) is 0 Å². The maximum Gasteiger partial charge on any atom is 0.303 e. The molecule has 72 valence electrons. The SMILES string of the molecule is O=C(O)CCCC(O)NCCO. The number of hydrogen-bond donors (Lipinski definition) is 4. The third-order valence-corrected chi connectivity index (χ3v) is 1.36. The van der Waals surface area contributed by atoms with Crippen LogP contribution in [0, 0.1) is 0 Å². The predicted molar refractivity (Wildman–Crippen MR) is 42.6 cm³/mol. The Morgan fingerprint density at radius 2 is 2.17 bits per heavy atom. The molecule has 12 heavy (non-hydrogen) atoms. The second kappa shape index (κ2) is 7.02. The molecule has 0 rings (SSSR count). The highest BCUT2D eigenvalue weighted by Gasteiger charge is 2.03. The third kappa shape index (κ3) is 7.46. The van der Waals surface area contributed by atoms with Crippen molar-refractivity contribution in [3.8, 4) is 0 Å². The fourth-order valence-corrected chi connectivity index (χ4v) is 0.780. The van der Waals surface area contributed by atoms with Crippen LogP contribution in [0.15, 0.2) is 0 Å². The van der Waals surface area contributed by atoms with Gasteiger partial charge in [-0.1, -0.05) is 0 Å². The molecule has 0 radical (unpaired) electrons. The number of nitrogens with one attached hydrogen (secondary N) is 1. The molecule has 4 N–H and O–H groups in total. The molecule has 0 saturated carbocycles. The smallest absolute Gasteiger partial charge is 0.303 e. The first-order valence-corrected chi connectivity index (χ1v) is 3.91. The van der Waals surface area contributed by atoms with Crippen LogP contribution in [0.2, 0.25) is 0 Å². The van der Waals surface area contributed by atoms with Crippen LogP contribution in [-0.2, 0) is 4.79 Å². The summed E-state index contributed by atoms with van der Waals surface area (Å²) in [6.45, 7) is 0.296. The van der Waals surface area contributed by atoms with E-state index in [2.05, 4.69) is 5.32 Å². The molecule has 1 unspecified atom stereocenters. The Hall–Kier alpha value is -0.650. The monoisotopic (exact) mass is 177 g/mol. The van der Waals surface area contributed by atoms with E-state index in [0.29, 0.717) is 19.4 Å². The second-order valence-corrected chi connectivity index (χ2v) is 2.48. The molecule has 0 aliphatic heterocycles. The first-order chi connectivity index (χ1) is 5.66. The molecule has 0 heterocycles. The largest absolute Gasteiger partial charge is 0.481 e. The summed E-state index contributed by atoms with van der Waals surface area (Å²) in [7, 11) is 0. The second-order valence-electron chi connectivity index (χ2n) is 2.48. The molecule has 1 atom stereocenters. The van der Waals surface area contributed by atoms with Crippen LogP contribution in [0.1, 0.15) is 19.3 Å². The van der Waals surface area contributed by atoms with Gasteiger partial charge in [-0.2, -0.15) is 0 Å². The van der Waals surface area contributed by atoms with E-state index in [1.165, 1.54) is 0 Å². The molecule has 5 heteroatoms. The van der Waals surface area contributed by atoms with Gasteiger partial charge in [-0.25, -0.2) is 0 Å². The van der Waals surface area contributed by atoms with Crippen molar-refractivity contribution in [2.24, 2.45) is 0 Å². The summed E-state index contributed by atoms with van der Waals surface area (Å²) in [5, 5.41) is 28.3. The van der Waals surface area contributed by atoms with Crippen LogP contribution in [0.5, 0.6) is 0 Å². The molecule has 5 nitrogen and oxygen atoms in total. The van der Waals surface area contributed by atoms with E-state index in [0.717, 1.165) is 0 Å². The Bertz CT molecular complexity index is 129. The van der Waals surface area contributed by atoms with E-state index >= 15 is 0 Å². The topological polar surface area (TPSA) is 89.8 Å². The summed E-state index contributed by atoms with van der Waals surface area (Å²) >= 11 is 0. The van der Waals surface area contributed by atoms with Gasteiger partial charge in [0.05, 0.1) is 6.61 Å². The van der Waals surface area contributed by atoms with Crippen molar-refractivity contribution in [3.05, 3.63) is 0 Å². The Morgan fingerprint density at radius 1 is 1.50 bits per heavy atom. The van der Waals surface area contributed by atoms with Gasteiger partial charge in [0.15, 0.2) is 0 Å². The molecule has 0 amide bonds. The van der Waals surface area contributed by atoms with E-state index in [1.807, 2.05) is 0 Å². The van der Waals surface area contributed by atoms with Crippen molar-refractivity contribution >= 4 is 5.97 Å². The molecule has 0 aromatic rings. The maximum absolute atomic E-state index is 10.1. The number of aliphatic hydroxyl groups excluding tert-OH is 2. The van der Waals surface area contributed by atoms with Crippen molar-refractivity contribution in [2.75, 3.05) is 13.2 Å². The van der Waals surface area contributed by atoms with Gasteiger partial charge in [0.1, 0.15) is 6.23 Å². The fourth-order valence-electron chi connectivity index (χ4n) is 0.780. The Labute approximate surface area is 71.0 Å². The normalized spacial score (nSPS) is 12.8. The third-order valence-electron chi connectivity index (χ3n) is 1.36. The minimum atomic E-state index is -0.857. The zero-order chi connectivity index (χ0) is 9.40. The van der Waals surface area contributed by atoms with Crippen LogP contribution < -0.4 is 5.32 Å². The quantitative estimate of drug-likeness (QED) is 0.380. The number of aliphatic hydroxyl groups is 2. The van der Waals surface area contributed by atoms with E-state index in [1.54, 1.807) is 0 Å². The molecule has 0 aromatic carbocycles. The highest BCUT2D eigenvalue weighted by atomic mass is 16.4. The lowest BCUT2D eigenvalue weighted by atomic mass is 10.2. The summed E-state index contributed by atoms with van der Waals surface area (Å²) in [4.78, 5) is 10.1. The summed E-state index contributed by atoms with van der Waals surface area (Å²) in [5.74, 6) is -0.857. The van der Waals surface area contributed by atoms with Crippen molar-refractivity contribution < 1.29 is 20.1 Å². The van der Waals surface area contributed by atoms with Crippen molar-refractivity contribution in [2.45, 2.75) is 25.5 Å². The molecular formula is C7H15NO4. The highest BCUT2D eigenvalue weighted by molar-refractivity contribution is 5.66. The molecule has 0 saturated heterocycles. The van der Waals surface area contributed by atoms with E-state index in [9.17, 15) is 4.79 Å². The fraction of sp³-hybridized carbons (Fsp3) is 0.857. The van der Waals surface area contributed by atoms with Gasteiger partial charge in [0, 0.05) is 13.0 Å². The lowest BCUT2D eigenvalue weighted by Gasteiger charge is -2.10. The average Bonchev–Trinajstić information content (AvgIpc) is 2.00. The van der Waals surface area contributed by atoms with Gasteiger partial charge in [-0.05, 0) is 12.8 Å². The van der Waals surface area contributed by atoms with Gasteiger partial charge in [0.2, 0.25) is 0 Å². The van der Waals surface area contributed by atoms with Gasteiger partial charge < -0.3 is 15.3 Å². The first kappa shape index (κ1) is 11.4. The zero-order valence-corrected chi connectivity index (χ0v) is 6.86. The minimum Gasteiger partial charge on any atom is -0.481 e. The number of hydrogen-bond acceptors (Lipinski definition) is 4. The number of rotatable bonds is 7. The lowest BCUT2D eigenvalue weighted by molar-refractivity contribution is -0.137. The predicted octanol–water partition coefficient (Wildman–Crippen LogP) is -0.858. The number of carboxylic acids is 1. The average molecular weight is 177 g/mol. The Balaban J connectivity index is 3.19. The zero-order valence-electron chi connectivity index (χ0n) is 6.86. The Kier molecular flexibility index (Phi) is 6.64. The minimum absolute atomic E-state index is 0.0318. The Morgan fingerprint density at radius 3 is 2.67 bits per heavy atom. The van der Waals surface area contributed by atoms with Crippen LogP contribution in [0.4, 0.5) is 0 Å². The van der Waals surface area contributed by atoms with Gasteiger partial charge in [-0.3, -0.25) is 10.1 Å². The van der Waals surface area contributed by atoms with Gasteiger partial charge >= 0.3 is 5.97 Å². The van der Waals surface area contributed by atoms with Gasteiger partial charge in [-0.15, -0.1) is 0 Å². The number of carboxylic acid groups (broad SMARTS) is 1. The van der Waals surface area contributed by atoms with Crippen molar-refractivity contribution in [1.29, 1.82) is 0 Å². The molecule has 0 aromatic heterocycles. The number of carbonyl (C=O) groups is 1. The standard InChI is InChI=1S/C7H15NO4/c9-5-4-8-6(10)2-1-3-7(11)12/h6,8-10H,1-5H2,(H,11,12). The maximum atomic E-state index is 10.1. The molecule has 0 fully saturated rings. The lowest BCUT2D eigenvalue weighted by Crippen LogP contribution is -2.31. The molecule has 0 bridgehead atoms. The summed E-state index contributed by atoms with van der Waals surface area (Å²) in [6, 6.07) is 0. The van der Waals surface area contributed by atoms with E-state index in [4.69, 9.17) is 15.3 Å². The first-order valence-electron chi connectivity index (χ1n) is 3.91. The molecule has 0 spiro atoms. The van der Waals surface area contributed by atoms with Crippen molar-refractivity contribution in [3.63, 3.8) is 0 Å². The molecule has 0 aliphatic rings. The van der Waals surface area contributed by atoms with Gasteiger partial charge in [0.25, 0.3) is 0 Å². The summed E-state index contributed by atoms with van der Waals surface area (Å²) < 4.78 is 0. The summed E-state index contributed by atoms with van der Waals surface area (Å²) in [6.07, 6.45) is 0.190. The van der Waals surface area contributed by atoms with Crippen molar-refractivity contribution in [1.82, 2.24) is 5.32 Å². The molecule has 0 aliphatic carbocycles. The van der Waals surface area contributed by atoms with E-state index in [-0.39, 0.29) is 13.0 Å².